The molecule has 1 saturated heterocycles. The molecule has 1 aliphatic rings. The molecule has 138 valence electrons. The van der Waals surface area contributed by atoms with Crippen molar-refractivity contribution in [2.45, 2.75) is 12.8 Å². The first-order valence-electron chi connectivity index (χ1n) is 9.09. The standard InChI is InChI=1S/C21H26N2O3/c1-26-18-6-4-5-17(15-18)19-7-2-3-8-20(19)22-21(25)16-9-11-23(12-10-16)13-14-24/h2-8,15-16,24H,9-14H2,1H3,(H,22,25). The number of benzene rings is 2. The Hall–Kier alpha value is -2.37. The molecule has 0 aromatic heterocycles. The molecule has 2 aromatic rings. The third-order valence-corrected chi connectivity index (χ3v) is 4.94. The molecule has 1 heterocycles. The number of β-amino-alcohol motifs (C(OH)–C–C–N with tert-alkyl or cyclic N) is 1. The summed E-state index contributed by atoms with van der Waals surface area (Å²) in [6, 6.07) is 15.7. The molecule has 5 heteroatoms. The number of ether oxygens (including phenoxy) is 1. The van der Waals surface area contributed by atoms with Crippen LogP contribution in [0.4, 0.5) is 5.69 Å². The molecule has 1 fully saturated rings. The molecule has 0 spiro atoms. The van der Waals surface area contributed by atoms with E-state index in [4.69, 9.17) is 9.84 Å². The van der Waals surface area contributed by atoms with Crippen molar-refractivity contribution in [1.29, 1.82) is 0 Å². The van der Waals surface area contributed by atoms with Crippen LogP contribution in [0, 0.1) is 5.92 Å². The molecular weight excluding hydrogens is 328 g/mol. The minimum absolute atomic E-state index is 0.0170. The highest BCUT2D eigenvalue weighted by Gasteiger charge is 2.25. The van der Waals surface area contributed by atoms with E-state index in [1.165, 1.54) is 0 Å². The van der Waals surface area contributed by atoms with Gasteiger partial charge in [-0.2, -0.15) is 0 Å². The molecule has 1 amide bonds. The van der Waals surface area contributed by atoms with E-state index in [2.05, 4.69) is 10.2 Å². The number of carbonyl (C=O) groups is 1. The molecule has 0 bridgehead atoms. The van der Waals surface area contributed by atoms with Gasteiger partial charge in [-0.25, -0.2) is 0 Å². The molecule has 0 aliphatic carbocycles. The van der Waals surface area contributed by atoms with Gasteiger partial charge in [0.15, 0.2) is 0 Å². The molecule has 0 radical (unpaired) electrons. The number of hydrogen-bond acceptors (Lipinski definition) is 4. The van der Waals surface area contributed by atoms with Crippen molar-refractivity contribution in [2.24, 2.45) is 5.92 Å². The van der Waals surface area contributed by atoms with Crippen molar-refractivity contribution in [3.05, 3.63) is 48.5 Å². The summed E-state index contributed by atoms with van der Waals surface area (Å²) >= 11 is 0. The lowest BCUT2D eigenvalue weighted by molar-refractivity contribution is -0.121. The van der Waals surface area contributed by atoms with Gasteiger partial charge in [0.2, 0.25) is 5.91 Å². The summed E-state index contributed by atoms with van der Waals surface area (Å²) in [6.45, 7) is 2.57. The number of aliphatic hydroxyl groups excluding tert-OH is 1. The van der Waals surface area contributed by atoms with Crippen LogP contribution in [0.1, 0.15) is 12.8 Å². The zero-order valence-corrected chi connectivity index (χ0v) is 15.1. The highest BCUT2D eigenvalue weighted by Crippen LogP contribution is 2.31. The molecule has 1 aliphatic heterocycles. The van der Waals surface area contributed by atoms with Crippen LogP contribution in [-0.2, 0) is 4.79 Å². The Morgan fingerprint density at radius 1 is 1.19 bits per heavy atom. The zero-order chi connectivity index (χ0) is 18.4. The van der Waals surface area contributed by atoms with E-state index in [9.17, 15) is 4.79 Å². The number of likely N-dealkylation sites (tertiary alicyclic amines) is 1. The van der Waals surface area contributed by atoms with Gasteiger partial charge < -0.3 is 20.1 Å². The highest BCUT2D eigenvalue weighted by molar-refractivity contribution is 5.96. The average Bonchev–Trinajstić information content (AvgIpc) is 2.69. The molecule has 0 atom stereocenters. The van der Waals surface area contributed by atoms with Crippen molar-refractivity contribution >= 4 is 11.6 Å². The number of amides is 1. The maximum atomic E-state index is 12.7. The smallest absolute Gasteiger partial charge is 0.227 e. The number of nitrogens with zero attached hydrogens (tertiary/aromatic N) is 1. The van der Waals surface area contributed by atoms with E-state index in [0.717, 1.165) is 48.5 Å². The first-order chi connectivity index (χ1) is 12.7. The fourth-order valence-corrected chi connectivity index (χ4v) is 3.43. The van der Waals surface area contributed by atoms with Crippen LogP contribution in [0.3, 0.4) is 0 Å². The molecule has 5 nitrogen and oxygen atoms in total. The van der Waals surface area contributed by atoms with Gasteiger partial charge in [-0.3, -0.25) is 4.79 Å². The van der Waals surface area contributed by atoms with Crippen LogP contribution in [0.5, 0.6) is 5.75 Å². The summed E-state index contributed by atoms with van der Waals surface area (Å²) in [5.74, 6) is 0.882. The Balaban J connectivity index is 1.71. The normalized spacial score (nSPS) is 15.6. The molecule has 26 heavy (non-hydrogen) atoms. The average molecular weight is 354 g/mol. The predicted molar refractivity (Wildman–Crippen MR) is 103 cm³/mol. The van der Waals surface area contributed by atoms with Gasteiger partial charge in [-0.05, 0) is 49.7 Å². The summed E-state index contributed by atoms with van der Waals surface area (Å²) < 4.78 is 5.31. The van der Waals surface area contributed by atoms with E-state index in [1.807, 2.05) is 48.5 Å². The number of rotatable bonds is 6. The number of piperidine rings is 1. The topological polar surface area (TPSA) is 61.8 Å². The fourth-order valence-electron chi connectivity index (χ4n) is 3.43. The summed E-state index contributed by atoms with van der Waals surface area (Å²) in [5, 5.41) is 12.2. The first kappa shape index (κ1) is 18.4. The van der Waals surface area contributed by atoms with Gasteiger partial charge >= 0.3 is 0 Å². The second kappa shape index (κ2) is 8.83. The van der Waals surface area contributed by atoms with Gasteiger partial charge in [0, 0.05) is 23.7 Å². The number of para-hydroxylation sites is 1. The van der Waals surface area contributed by atoms with Crippen molar-refractivity contribution in [3.8, 4) is 16.9 Å². The molecule has 0 unspecified atom stereocenters. The molecule has 0 saturated carbocycles. The predicted octanol–water partition coefficient (Wildman–Crippen LogP) is 3.01. The zero-order valence-electron chi connectivity index (χ0n) is 15.1. The lowest BCUT2D eigenvalue weighted by atomic mass is 9.95. The number of anilines is 1. The van der Waals surface area contributed by atoms with Crippen LogP contribution in [0.15, 0.2) is 48.5 Å². The van der Waals surface area contributed by atoms with Crippen molar-refractivity contribution < 1.29 is 14.6 Å². The van der Waals surface area contributed by atoms with Crippen LogP contribution in [0.25, 0.3) is 11.1 Å². The van der Waals surface area contributed by atoms with Crippen molar-refractivity contribution in [3.63, 3.8) is 0 Å². The summed E-state index contributed by atoms with van der Waals surface area (Å²) in [7, 11) is 1.65. The van der Waals surface area contributed by atoms with E-state index in [0.29, 0.717) is 6.54 Å². The molecular formula is C21H26N2O3. The first-order valence-corrected chi connectivity index (χ1v) is 9.09. The van der Waals surface area contributed by atoms with Crippen LogP contribution in [0.2, 0.25) is 0 Å². The summed E-state index contributed by atoms with van der Waals surface area (Å²) in [5.41, 5.74) is 2.82. The highest BCUT2D eigenvalue weighted by atomic mass is 16.5. The SMILES string of the molecule is COc1cccc(-c2ccccc2NC(=O)C2CCN(CCO)CC2)c1. The van der Waals surface area contributed by atoms with Crippen molar-refractivity contribution in [1.82, 2.24) is 4.90 Å². The monoisotopic (exact) mass is 354 g/mol. The second-order valence-electron chi connectivity index (χ2n) is 6.61. The Labute approximate surface area is 154 Å². The second-order valence-corrected chi connectivity index (χ2v) is 6.61. The number of nitrogens with one attached hydrogen (secondary N) is 1. The third kappa shape index (κ3) is 4.42. The third-order valence-electron chi connectivity index (χ3n) is 4.94. The van der Waals surface area contributed by atoms with Crippen LogP contribution < -0.4 is 10.1 Å². The number of carbonyl (C=O) groups excluding carboxylic acids is 1. The number of hydrogen-bond donors (Lipinski definition) is 2. The summed E-state index contributed by atoms with van der Waals surface area (Å²) in [4.78, 5) is 14.9. The Morgan fingerprint density at radius 3 is 2.69 bits per heavy atom. The Morgan fingerprint density at radius 2 is 1.96 bits per heavy atom. The number of aliphatic hydroxyl groups is 1. The lowest BCUT2D eigenvalue weighted by Crippen LogP contribution is -2.39. The van der Waals surface area contributed by atoms with E-state index in [1.54, 1.807) is 7.11 Å². The van der Waals surface area contributed by atoms with E-state index < -0.39 is 0 Å². The fraction of sp³-hybridized carbons (Fsp3) is 0.381. The van der Waals surface area contributed by atoms with Gasteiger partial charge in [0.25, 0.3) is 0 Å². The van der Waals surface area contributed by atoms with Gasteiger partial charge in [-0.15, -0.1) is 0 Å². The molecule has 2 aromatic carbocycles. The van der Waals surface area contributed by atoms with Crippen LogP contribution >= 0.6 is 0 Å². The van der Waals surface area contributed by atoms with E-state index in [-0.39, 0.29) is 18.4 Å². The van der Waals surface area contributed by atoms with Gasteiger partial charge in [0.05, 0.1) is 13.7 Å². The quantitative estimate of drug-likeness (QED) is 0.837. The molecule has 3 rings (SSSR count). The Bertz CT molecular complexity index is 740. The minimum Gasteiger partial charge on any atom is -0.497 e. The molecule has 2 N–H and O–H groups in total. The largest absolute Gasteiger partial charge is 0.497 e. The van der Waals surface area contributed by atoms with Gasteiger partial charge in [-0.1, -0.05) is 30.3 Å². The maximum Gasteiger partial charge on any atom is 0.227 e. The summed E-state index contributed by atoms with van der Waals surface area (Å²) in [6.07, 6.45) is 1.65. The lowest BCUT2D eigenvalue weighted by Gasteiger charge is -2.30. The van der Waals surface area contributed by atoms with Crippen molar-refractivity contribution in [2.75, 3.05) is 38.7 Å². The van der Waals surface area contributed by atoms with Crippen LogP contribution in [-0.4, -0.2) is 49.3 Å². The number of methoxy groups -OCH3 is 1. The Kier molecular flexibility index (Phi) is 6.26. The minimum atomic E-state index is 0.0170. The van der Waals surface area contributed by atoms with E-state index >= 15 is 0 Å². The van der Waals surface area contributed by atoms with Gasteiger partial charge in [0.1, 0.15) is 5.75 Å². The maximum absolute atomic E-state index is 12.7.